The van der Waals surface area contributed by atoms with Crippen molar-refractivity contribution in [3.05, 3.63) is 35.6 Å². The Morgan fingerprint density at radius 2 is 2.12 bits per heavy atom. The van der Waals surface area contributed by atoms with Crippen molar-refractivity contribution in [1.82, 2.24) is 4.98 Å². The predicted octanol–water partition coefficient (Wildman–Crippen LogP) is 4.31. The summed E-state index contributed by atoms with van der Waals surface area (Å²) in [6.45, 7) is 3.87. The number of aryl methyl sites for hydroxylation is 1. The molecule has 0 aliphatic heterocycles. The van der Waals surface area contributed by atoms with Gasteiger partial charge in [0.1, 0.15) is 11.9 Å². The number of fused-ring (bicyclic) bond motifs is 1. The number of rotatable bonds is 7. The van der Waals surface area contributed by atoms with Crippen LogP contribution in [0.25, 0.3) is 10.9 Å². The number of halogens is 1. The molecule has 0 spiro atoms. The van der Waals surface area contributed by atoms with Crippen LogP contribution >= 0.6 is 0 Å². The summed E-state index contributed by atoms with van der Waals surface area (Å²) >= 11 is 0. The van der Waals surface area contributed by atoms with Crippen molar-refractivity contribution in [3.63, 3.8) is 0 Å². The molecule has 1 N–H and O–H groups in total. The molecule has 0 amide bonds. The van der Waals surface area contributed by atoms with E-state index in [0.29, 0.717) is 22.9 Å². The molecule has 0 aliphatic carbocycles. The van der Waals surface area contributed by atoms with Gasteiger partial charge in [0.2, 0.25) is 5.88 Å². The van der Waals surface area contributed by atoms with E-state index in [1.165, 1.54) is 31.0 Å². The Kier molecular flexibility index (Phi) is 7.55. The number of pyridine rings is 1. The Labute approximate surface area is 153 Å². The number of ether oxygens (including phenoxy) is 1. The fourth-order valence-corrected chi connectivity index (χ4v) is 2.53. The Bertz CT molecular complexity index is 823. The van der Waals surface area contributed by atoms with E-state index in [9.17, 15) is 14.3 Å². The topological polar surface area (TPSA) is 59.4 Å². The number of benzene rings is 1. The minimum atomic E-state index is -1.05. The average molecular weight is 357 g/mol. The number of aliphatic hydroxyl groups is 1. The quantitative estimate of drug-likeness (QED) is 0.456. The summed E-state index contributed by atoms with van der Waals surface area (Å²) in [6.07, 6.45) is 3.92. The Morgan fingerprint density at radius 3 is 2.88 bits per heavy atom. The van der Waals surface area contributed by atoms with E-state index in [4.69, 9.17) is 4.74 Å². The second-order valence-corrected chi connectivity index (χ2v) is 6.27. The maximum Gasteiger partial charge on any atom is 0.316 e. The van der Waals surface area contributed by atoms with Crippen LogP contribution in [-0.4, -0.2) is 22.2 Å². The van der Waals surface area contributed by atoms with Crippen LogP contribution in [0.15, 0.2) is 24.3 Å². The normalized spacial score (nSPS) is 11.7. The molecule has 1 aromatic carbocycles. The minimum absolute atomic E-state index is 0.161. The number of hydrogen-bond acceptors (Lipinski definition) is 4. The van der Waals surface area contributed by atoms with Crippen LogP contribution in [0, 0.1) is 24.6 Å². The first-order chi connectivity index (χ1) is 12.5. The largest absolute Gasteiger partial charge is 0.407 e. The lowest BCUT2D eigenvalue weighted by molar-refractivity contribution is -0.136. The van der Waals surface area contributed by atoms with Crippen LogP contribution in [-0.2, 0) is 4.79 Å². The lowest BCUT2D eigenvalue weighted by Crippen LogP contribution is -2.17. The standard InChI is InChI=1S/C21H24FNO3/c1-3-4-5-6-7-8-9-18(24)14-20(25)26-21-15(2)12-16-13-17(22)10-11-19(16)23-21/h10-13,18,24H,3-7,14H2,1-2H3. The Balaban J connectivity index is 1.91. The molecule has 0 saturated carbocycles. The predicted molar refractivity (Wildman–Crippen MR) is 99.2 cm³/mol. The monoisotopic (exact) mass is 357 g/mol. The highest BCUT2D eigenvalue weighted by Crippen LogP contribution is 2.22. The van der Waals surface area contributed by atoms with Gasteiger partial charge in [-0.1, -0.05) is 32.1 Å². The molecule has 2 aromatic rings. The molecule has 1 heterocycles. The molecule has 26 heavy (non-hydrogen) atoms. The van der Waals surface area contributed by atoms with Crippen LogP contribution in [0.5, 0.6) is 5.88 Å². The Hall–Kier alpha value is -2.45. The van der Waals surface area contributed by atoms with E-state index >= 15 is 0 Å². The van der Waals surface area contributed by atoms with E-state index in [-0.39, 0.29) is 18.1 Å². The van der Waals surface area contributed by atoms with Gasteiger partial charge in [0.05, 0.1) is 11.9 Å². The summed E-state index contributed by atoms with van der Waals surface area (Å²) in [5, 5.41) is 10.5. The molecule has 138 valence electrons. The SMILES string of the molecule is CCCCCCC#CC(O)CC(=O)Oc1nc2ccc(F)cc2cc1C. The van der Waals surface area contributed by atoms with Crippen LogP contribution in [0.3, 0.4) is 0 Å². The molecule has 1 atom stereocenters. The molecule has 1 aromatic heterocycles. The van der Waals surface area contributed by atoms with Crippen LogP contribution in [0.4, 0.5) is 4.39 Å². The number of carbonyl (C=O) groups is 1. The molecule has 2 rings (SSSR count). The van der Waals surface area contributed by atoms with Gasteiger partial charge in [0.15, 0.2) is 0 Å². The molecule has 0 aliphatic rings. The van der Waals surface area contributed by atoms with Crippen molar-refractivity contribution >= 4 is 16.9 Å². The summed E-state index contributed by atoms with van der Waals surface area (Å²) in [6, 6.07) is 5.91. The van der Waals surface area contributed by atoms with Gasteiger partial charge in [-0.3, -0.25) is 4.79 Å². The fourth-order valence-electron chi connectivity index (χ4n) is 2.53. The van der Waals surface area contributed by atoms with Crippen LogP contribution in [0.2, 0.25) is 0 Å². The van der Waals surface area contributed by atoms with Gasteiger partial charge in [0.25, 0.3) is 0 Å². The minimum Gasteiger partial charge on any atom is -0.407 e. The molecule has 4 nitrogen and oxygen atoms in total. The van der Waals surface area contributed by atoms with E-state index in [2.05, 4.69) is 23.7 Å². The lowest BCUT2D eigenvalue weighted by atomic mass is 10.1. The summed E-state index contributed by atoms with van der Waals surface area (Å²) in [4.78, 5) is 16.2. The van der Waals surface area contributed by atoms with Crippen molar-refractivity contribution < 1.29 is 19.0 Å². The number of carbonyl (C=O) groups excluding carboxylic acids is 1. The van der Waals surface area contributed by atoms with Crippen molar-refractivity contribution in [1.29, 1.82) is 0 Å². The van der Waals surface area contributed by atoms with E-state index < -0.39 is 12.1 Å². The van der Waals surface area contributed by atoms with Gasteiger partial charge >= 0.3 is 5.97 Å². The maximum atomic E-state index is 13.3. The van der Waals surface area contributed by atoms with Gasteiger partial charge in [-0.2, -0.15) is 0 Å². The average Bonchev–Trinajstić information content (AvgIpc) is 2.58. The second-order valence-electron chi connectivity index (χ2n) is 6.27. The zero-order valence-electron chi connectivity index (χ0n) is 15.2. The second kappa shape index (κ2) is 9.88. The van der Waals surface area contributed by atoms with E-state index in [0.717, 1.165) is 12.8 Å². The van der Waals surface area contributed by atoms with Gasteiger partial charge < -0.3 is 9.84 Å². The fraction of sp³-hybridized carbons (Fsp3) is 0.429. The first-order valence-electron chi connectivity index (χ1n) is 8.93. The van der Waals surface area contributed by atoms with Crippen LogP contribution in [0.1, 0.15) is 51.0 Å². The molecule has 5 heteroatoms. The maximum absolute atomic E-state index is 13.3. The molecule has 0 fully saturated rings. The van der Waals surface area contributed by atoms with Crippen LogP contribution < -0.4 is 4.74 Å². The highest BCUT2D eigenvalue weighted by Gasteiger charge is 2.14. The molecular formula is C21H24FNO3. The third-order valence-corrected chi connectivity index (χ3v) is 3.92. The molecule has 0 radical (unpaired) electrons. The number of aromatic nitrogens is 1. The molecule has 1 unspecified atom stereocenters. The third kappa shape index (κ3) is 6.12. The van der Waals surface area contributed by atoms with Gasteiger partial charge in [-0.05, 0) is 37.6 Å². The van der Waals surface area contributed by atoms with Gasteiger partial charge in [-0.25, -0.2) is 9.37 Å². The summed E-state index contributed by atoms with van der Waals surface area (Å²) < 4.78 is 18.5. The number of aliphatic hydroxyl groups excluding tert-OH is 1. The summed E-state index contributed by atoms with van der Waals surface area (Å²) in [7, 11) is 0. The van der Waals surface area contributed by atoms with Crippen molar-refractivity contribution in [2.24, 2.45) is 0 Å². The zero-order chi connectivity index (χ0) is 18.9. The Morgan fingerprint density at radius 1 is 1.31 bits per heavy atom. The first kappa shape index (κ1) is 19.9. The van der Waals surface area contributed by atoms with E-state index in [1.807, 2.05) is 0 Å². The number of unbranched alkanes of at least 4 members (excludes halogenated alkanes) is 4. The number of hydrogen-bond donors (Lipinski definition) is 1. The highest BCUT2D eigenvalue weighted by molar-refractivity contribution is 5.81. The van der Waals surface area contributed by atoms with Crippen molar-refractivity contribution in [3.8, 4) is 17.7 Å². The molecule has 0 saturated heterocycles. The number of esters is 1. The van der Waals surface area contributed by atoms with Gasteiger partial charge in [0, 0.05) is 17.4 Å². The number of nitrogens with zero attached hydrogens (tertiary/aromatic N) is 1. The lowest BCUT2D eigenvalue weighted by Gasteiger charge is -2.09. The van der Waals surface area contributed by atoms with E-state index in [1.54, 1.807) is 13.0 Å². The third-order valence-electron chi connectivity index (χ3n) is 3.92. The first-order valence-corrected chi connectivity index (χ1v) is 8.93. The highest BCUT2D eigenvalue weighted by atomic mass is 19.1. The summed E-state index contributed by atoms with van der Waals surface area (Å²) in [5.41, 5.74) is 1.15. The zero-order valence-corrected chi connectivity index (χ0v) is 15.2. The van der Waals surface area contributed by atoms with Crippen molar-refractivity contribution in [2.75, 3.05) is 0 Å². The van der Waals surface area contributed by atoms with Crippen molar-refractivity contribution in [2.45, 2.75) is 58.5 Å². The summed E-state index contributed by atoms with van der Waals surface area (Å²) in [5.74, 6) is 4.78. The molecular weight excluding hydrogens is 333 g/mol. The van der Waals surface area contributed by atoms with Gasteiger partial charge in [-0.15, -0.1) is 5.92 Å². The molecule has 0 bridgehead atoms. The smallest absolute Gasteiger partial charge is 0.316 e.